The lowest BCUT2D eigenvalue weighted by Gasteiger charge is -2.34. The van der Waals surface area contributed by atoms with Crippen LogP contribution in [-0.2, 0) is 11.3 Å². The van der Waals surface area contributed by atoms with E-state index in [0.29, 0.717) is 11.8 Å². The van der Waals surface area contributed by atoms with Gasteiger partial charge in [-0.1, -0.05) is 37.3 Å². The van der Waals surface area contributed by atoms with Crippen molar-refractivity contribution in [2.24, 2.45) is 0 Å². The van der Waals surface area contributed by atoms with Crippen LogP contribution in [0.4, 0.5) is 0 Å². The largest absolute Gasteiger partial charge is 0.379 e. The third kappa shape index (κ3) is 3.99. The molecule has 1 fully saturated rings. The van der Waals surface area contributed by atoms with Crippen LogP contribution in [0.2, 0.25) is 0 Å². The van der Waals surface area contributed by atoms with Crippen molar-refractivity contribution in [3.05, 3.63) is 70.1 Å². The van der Waals surface area contributed by atoms with Gasteiger partial charge in [-0.25, -0.2) is 0 Å². The van der Waals surface area contributed by atoms with Crippen molar-refractivity contribution < 1.29 is 4.74 Å². The molecule has 3 heterocycles. The second-order valence-electron chi connectivity index (χ2n) is 8.74. The van der Waals surface area contributed by atoms with Gasteiger partial charge in [0.15, 0.2) is 0 Å². The highest BCUT2D eigenvalue weighted by Gasteiger charge is 2.26. The number of likely N-dealkylation sites (N-methyl/N-ethyl adjacent to an activating group) is 1. The summed E-state index contributed by atoms with van der Waals surface area (Å²) in [5, 5.41) is 3.55. The number of rotatable bonds is 4. The maximum absolute atomic E-state index is 5.50. The van der Waals surface area contributed by atoms with Crippen molar-refractivity contribution in [1.29, 1.82) is 0 Å². The molecule has 0 saturated carbocycles. The van der Waals surface area contributed by atoms with Crippen molar-refractivity contribution in [2.45, 2.75) is 25.3 Å². The number of hydrogen-bond acceptors (Lipinski definition) is 4. The van der Waals surface area contributed by atoms with Crippen LogP contribution < -0.4 is 0 Å². The lowest BCUT2D eigenvalue weighted by atomic mass is 9.83. The van der Waals surface area contributed by atoms with Crippen LogP contribution in [0.15, 0.2) is 47.8 Å². The average Bonchev–Trinajstić information content (AvgIpc) is 3.21. The van der Waals surface area contributed by atoms with Gasteiger partial charge < -0.3 is 9.64 Å². The Balaban J connectivity index is 1.42. The molecular formula is C25H30N2OS. The summed E-state index contributed by atoms with van der Waals surface area (Å²) in [5.41, 5.74) is 5.93. The quantitative estimate of drug-likeness (QED) is 0.612. The van der Waals surface area contributed by atoms with Crippen LogP contribution >= 0.6 is 11.3 Å². The summed E-state index contributed by atoms with van der Waals surface area (Å²) in [6.45, 7) is 9.49. The van der Waals surface area contributed by atoms with E-state index in [1.807, 2.05) is 11.3 Å². The maximum Gasteiger partial charge on any atom is 0.0594 e. The predicted molar refractivity (Wildman–Crippen MR) is 122 cm³/mol. The van der Waals surface area contributed by atoms with Gasteiger partial charge in [-0.2, -0.15) is 0 Å². The molecule has 0 N–H and O–H groups in total. The molecule has 29 heavy (non-hydrogen) atoms. The Kier molecular flexibility index (Phi) is 5.44. The normalized spacial score (nSPS) is 21.9. The van der Waals surface area contributed by atoms with Crippen molar-refractivity contribution in [1.82, 2.24) is 9.80 Å². The van der Waals surface area contributed by atoms with Gasteiger partial charge in [-0.15, -0.1) is 11.3 Å². The Morgan fingerprint density at radius 1 is 1.10 bits per heavy atom. The average molecular weight is 407 g/mol. The molecule has 1 aromatic heterocycles. The summed E-state index contributed by atoms with van der Waals surface area (Å²) in [6, 6.07) is 16.5. The van der Waals surface area contributed by atoms with Gasteiger partial charge in [-0.05, 0) is 58.1 Å². The summed E-state index contributed by atoms with van der Waals surface area (Å²) in [6.07, 6.45) is 0. The van der Waals surface area contributed by atoms with E-state index in [1.54, 1.807) is 0 Å². The molecule has 152 valence electrons. The van der Waals surface area contributed by atoms with E-state index in [2.05, 4.69) is 71.6 Å². The Labute approximate surface area is 177 Å². The summed E-state index contributed by atoms with van der Waals surface area (Å²) < 4.78 is 6.90. The molecule has 5 rings (SSSR count). The fourth-order valence-electron chi connectivity index (χ4n) is 4.92. The Bertz CT molecular complexity index is 991. The Morgan fingerprint density at radius 2 is 1.97 bits per heavy atom. The van der Waals surface area contributed by atoms with E-state index in [0.717, 1.165) is 45.9 Å². The minimum atomic E-state index is 0.457. The topological polar surface area (TPSA) is 15.7 Å². The lowest BCUT2D eigenvalue weighted by molar-refractivity contribution is 0.0357. The van der Waals surface area contributed by atoms with Gasteiger partial charge in [-0.3, -0.25) is 4.90 Å². The third-order valence-corrected chi connectivity index (χ3v) is 7.44. The molecule has 0 aliphatic carbocycles. The maximum atomic E-state index is 5.50. The highest BCUT2D eigenvalue weighted by atomic mass is 32.1. The van der Waals surface area contributed by atoms with Crippen LogP contribution in [0.3, 0.4) is 0 Å². The zero-order valence-corrected chi connectivity index (χ0v) is 18.3. The van der Waals surface area contributed by atoms with Crippen molar-refractivity contribution in [2.75, 3.05) is 46.4 Å². The molecule has 4 heteroatoms. The molecule has 0 spiro atoms. The van der Waals surface area contributed by atoms with Crippen LogP contribution in [0.1, 0.15) is 41.0 Å². The number of ether oxygens (including phenoxy) is 1. The van der Waals surface area contributed by atoms with Crippen LogP contribution in [0.5, 0.6) is 0 Å². The van der Waals surface area contributed by atoms with Crippen LogP contribution in [0.25, 0.3) is 10.1 Å². The summed E-state index contributed by atoms with van der Waals surface area (Å²) in [7, 11) is 2.25. The number of benzene rings is 2. The SMILES string of the molecule is CC(CN1CCOCC1)c1ccc2c(c1)CN(C)CC2c1ccc2ccsc2c1. The van der Waals surface area contributed by atoms with E-state index in [9.17, 15) is 0 Å². The molecule has 2 aliphatic heterocycles. The van der Waals surface area contributed by atoms with Gasteiger partial charge >= 0.3 is 0 Å². The van der Waals surface area contributed by atoms with Crippen molar-refractivity contribution in [3.63, 3.8) is 0 Å². The first kappa shape index (κ1) is 19.3. The second kappa shape index (κ2) is 8.19. The molecule has 2 unspecified atom stereocenters. The fraction of sp³-hybridized carbons (Fsp3) is 0.440. The standard InChI is InChI=1S/C25H30N2OS/c1-18(15-27-8-10-28-11-9-27)20-5-6-23-22(13-20)16-26(2)17-24(23)21-4-3-19-7-12-29-25(19)14-21/h3-7,12-14,18,24H,8-11,15-17H2,1-2H3. The van der Waals surface area contributed by atoms with E-state index >= 15 is 0 Å². The van der Waals surface area contributed by atoms with E-state index in [4.69, 9.17) is 4.74 Å². The second-order valence-corrected chi connectivity index (χ2v) is 9.69. The molecule has 3 aromatic rings. The number of thiophene rings is 1. The molecule has 2 aliphatic rings. The molecule has 0 amide bonds. The molecule has 0 radical (unpaired) electrons. The predicted octanol–water partition coefficient (Wildman–Crippen LogP) is 4.91. The lowest BCUT2D eigenvalue weighted by Crippen LogP contribution is -2.38. The summed E-state index contributed by atoms with van der Waals surface area (Å²) >= 11 is 1.84. The first-order valence-electron chi connectivity index (χ1n) is 10.8. The molecule has 3 nitrogen and oxygen atoms in total. The zero-order chi connectivity index (χ0) is 19.8. The van der Waals surface area contributed by atoms with Crippen molar-refractivity contribution in [3.8, 4) is 0 Å². The number of fused-ring (bicyclic) bond motifs is 2. The van der Waals surface area contributed by atoms with Crippen LogP contribution in [-0.4, -0.2) is 56.2 Å². The van der Waals surface area contributed by atoms with Gasteiger partial charge in [0.1, 0.15) is 0 Å². The number of morpholine rings is 1. The molecule has 1 saturated heterocycles. The minimum Gasteiger partial charge on any atom is -0.379 e. The highest BCUT2D eigenvalue weighted by Crippen LogP contribution is 2.36. The Hall–Kier alpha value is -1.72. The molecule has 0 bridgehead atoms. The summed E-state index contributed by atoms with van der Waals surface area (Å²) in [5.74, 6) is 1.01. The van der Waals surface area contributed by atoms with Gasteiger partial charge in [0.25, 0.3) is 0 Å². The summed E-state index contributed by atoms with van der Waals surface area (Å²) in [4.78, 5) is 5.01. The van der Waals surface area contributed by atoms with Crippen LogP contribution in [0, 0.1) is 0 Å². The van der Waals surface area contributed by atoms with Gasteiger partial charge in [0, 0.05) is 43.3 Å². The molecular weight excluding hydrogens is 376 g/mol. The number of nitrogens with zero attached hydrogens (tertiary/aromatic N) is 2. The third-order valence-electron chi connectivity index (χ3n) is 6.56. The molecule has 2 aromatic carbocycles. The smallest absolute Gasteiger partial charge is 0.0594 e. The van der Waals surface area contributed by atoms with E-state index < -0.39 is 0 Å². The highest BCUT2D eigenvalue weighted by molar-refractivity contribution is 7.17. The zero-order valence-electron chi connectivity index (χ0n) is 17.4. The van der Waals surface area contributed by atoms with E-state index in [1.165, 1.54) is 32.3 Å². The van der Waals surface area contributed by atoms with Gasteiger partial charge in [0.2, 0.25) is 0 Å². The monoisotopic (exact) mass is 406 g/mol. The Morgan fingerprint density at radius 3 is 2.83 bits per heavy atom. The number of hydrogen-bond donors (Lipinski definition) is 0. The fourth-order valence-corrected chi connectivity index (χ4v) is 5.76. The minimum absolute atomic E-state index is 0.457. The molecule has 2 atom stereocenters. The van der Waals surface area contributed by atoms with E-state index in [-0.39, 0.29) is 0 Å². The first-order chi connectivity index (χ1) is 14.2. The first-order valence-corrected chi connectivity index (χ1v) is 11.6. The van der Waals surface area contributed by atoms with Gasteiger partial charge in [0.05, 0.1) is 13.2 Å². The van der Waals surface area contributed by atoms with Crippen molar-refractivity contribution >= 4 is 21.4 Å².